The Bertz CT molecular complexity index is 1250. The number of ether oxygens (including phenoxy) is 1. The van der Waals surface area contributed by atoms with Crippen LogP contribution in [0.25, 0.3) is 21.8 Å². The molecule has 0 aliphatic heterocycles. The van der Waals surface area contributed by atoms with E-state index >= 15 is 0 Å². The van der Waals surface area contributed by atoms with E-state index in [0.717, 1.165) is 11.1 Å². The number of aromatic amines is 1. The fraction of sp³-hybridized carbons (Fsp3) is 0.0909. The van der Waals surface area contributed by atoms with Gasteiger partial charge in [0.05, 0.1) is 16.4 Å². The van der Waals surface area contributed by atoms with Crippen molar-refractivity contribution in [2.75, 3.05) is 6.61 Å². The van der Waals surface area contributed by atoms with Gasteiger partial charge in [0.1, 0.15) is 11.6 Å². The number of H-pyrrole nitrogens is 1. The molecule has 3 aromatic carbocycles. The molecule has 0 spiro atoms. The molecule has 4 aromatic rings. The molecule has 29 heavy (non-hydrogen) atoms. The molecule has 0 aliphatic carbocycles. The third-order valence-electron chi connectivity index (χ3n) is 4.73. The number of nitrogens with two attached hydrogens (primary N) is 1. The molecular weight excluding hydrogens is 375 g/mol. The molecule has 4 rings (SSSR count). The lowest BCUT2D eigenvalue weighted by molar-refractivity contribution is -0.139. The summed E-state index contributed by atoms with van der Waals surface area (Å²) in [5.41, 5.74) is 8.38. The lowest BCUT2D eigenvalue weighted by Crippen LogP contribution is -2.11. The molecule has 1 aromatic heterocycles. The van der Waals surface area contributed by atoms with Crippen molar-refractivity contribution < 1.29 is 23.8 Å². The van der Waals surface area contributed by atoms with E-state index in [-0.39, 0.29) is 16.8 Å². The van der Waals surface area contributed by atoms with Crippen LogP contribution in [0, 0.1) is 5.82 Å². The van der Waals surface area contributed by atoms with E-state index < -0.39 is 24.3 Å². The largest absolute Gasteiger partial charge is 0.481 e. The Kier molecular flexibility index (Phi) is 4.64. The zero-order chi connectivity index (χ0) is 20.5. The third kappa shape index (κ3) is 3.50. The van der Waals surface area contributed by atoms with Gasteiger partial charge in [-0.15, -0.1) is 0 Å². The van der Waals surface area contributed by atoms with Crippen LogP contribution in [0.1, 0.15) is 21.5 Å². The summed E-state index contributed by atoms with van der Waals surface area (Å²) in [6, 6.07) is 15.5. The van der Waals surface area contributed by atoms with Crippen LogP contribution in [0.15, 0.2) is 54.6 Å². The summed E-state index contributed by atoms with van der Waals surface area (Å²) in [5, 5.41) is 9.84. The van der Waals surface area contributed by atoms with Gasteiger partial charge < -0.3 is 20.6 Å². The number of fused-ring (bicyclic) bond motifs is 3. The number of aliphatic carboxylic acids is 1. The highest BCUT2D eigenvalue weighted by atomic mass is 19.1. The number of carbonyl (C=O) groups excluding carboxylic acids is 1. The van der Waals surface area contributed by atoms with E-state index in [1.165, 1.54) is 12.1 Å². The molecule has 0 atom stereocenters. The van der Waals surface area contributed by atoms with Crippen molar-refractivity contribution in [1.82, 2.24) is 4.98 Å². The Balaban J connectivity index is 1.98. The molecule has 6 nitrogen and oxygen atoms in total. The van der Waals surface area contributed by atoms with Gasteiger partial charge in [0.15, 0.2) is 6.61 Å². The summed E-state index contributed by atoms with van der Waals surface area (Å²) < 4.78 is 19.9. The molecule has 0 radical (unpaired) electrons. The highest BCUT2D eigenvalue weighted by molar-refractivity contribution is 6.13. The van der Waals surface area contributed by atoms with Gasteiger partial charge in [-0.3, -0.25) is 4.79 Å². The van der Waals surface area contributed by atoms with E-state index in [2.05, 4.69) is 4.98 Å². The Morgan fingerprint density at radius 2 is 1.83 bits per heavy atom. The first kappa shape index (κ1) is 18.5. The molecule has 146 valence electrons. The molecule has 0 bridgehead atoms. The number of primary amides is 1. The molecule has 0 saturated carbocycles. The number of amides is 1. The zero-order valence-electron chi connectivity index (χ0n) is 15.2. The number of rotatable bonds is 6. The minimum Gasteiger partial charge on any atom is -0.481 e. The van der Waals surface area contributed by atoms with E-state index in [1.807, 2.05) is 30.3 Å². The number of carboxylic acids is 1. The SMILES string of the molecule is NC(=O)c1cc(Cc2ccccc2)c2[nH]c3c(F)ccc(OCC(=O)O)c3c2c1. The summed E-state index contributed by atoms with van der Waals surface area (Å²) >= 11 is 0. The van der Waals surface area contributed by atoms with E-state index in [4.69, 9.17) is 15.6 Å². The molecule has 0 saturated heterocycles. The number of benzene rings is 3. The van der Waals surface area contributed by atoms with Gasteiger partial charge in [0, 0.05) is 10.9 Å². The molecular formula is C22H17FN2O4. The van der Waals surface area contributed by atoms with Gasteiger partial charge in [-0.25, -0.2) is 9.18 Å². The highest BCUT2D eigenvalue weighted by Crippen LogP contribution is 2.37. The molecule has 1 amide bonds. The van der Waals surface area contributed by atoms with Gasteiger partial charge in [-0.2, -0.15) is 0 Å². The minimum atomic E-state index is -1.15. The van der Waals surface area contributed by atoms with Crippen molar-refractivity contribution in [3.8, 4) is 5.75 Å². The van der Waals surface area contributed by atoms with E-state index in [0.29, 0.717) is 22.7 Å². The fourth-order valence-corrected chi connectivity index (χ4v) is 3.48. The second-order valence-electron chi connectivity index (χ2n) is 6.69. The van der Waals surface area contributed by atoms with Crippen LogP contribution >= 0.6 is 0 Å². The number of aromatic nitrogens is 1. The molecule has 0 fully saturated rings. The fourth-order valence-electron chi connectivity index (χ4n) is 3.48. The van der Waals surface area contributed by atoms with Crippen LogP contribution in [-0.2, 0) is 11.2 Å². The Hall–Kier alpha value is -3.87. The van der Waals surface area contributed by atoms with E-state index in [1.54, 1.807) is 12.1 Å². The number of hydrogen-bond acceptors (Lipinski definition) is 3. The first-order valence-electron chi connectivity index (χ1n) is 8.89. The first-order valence-corrected chi connectivity index (χ1v) is 8.89. The average molecular weight is 392 g/mol. The minimum absolute atomic E-state index is 0.179. The predicted molar refractivity (Wildman–Crippen MR) is 107 cm³/mol. The Morgan fingerprint density at radius 1 is 1.07 bits per heavy atom. The van der Waals surface area contributed by atoms with Gasteiger partial charge in [-0.1, -0.05) is 30.3 Å². The second-order valence-corrected chi connectivity index (χ2v) is 6.69. The molecule has 0 unspecified atom stereocenters. The number of carboxylic acid groups (broad SMARTS) is 1. The van der Waals surface area contributed by atoms with Crippen LogP contribution in [0.5, 0.6) is 5.75 Å². The zero-order valence-corrected chi connectivity index (χ0v) is 15.2. The second kappa shape index (κ2) is 7.27. The van der Waals surface area contributed by atoms with Gasteiger partial charge in [-0.05, 0) is 41.8 Å². The molecule has 1 heterocycles. The number of carbonyl (C=O) groups is 2. The topological polar surface area (TPSA) is 105 Å². The highest BCUT2D eigenvalue weighted by Gasteiger charge is 2.19. The van der Waals surface area contributed by atoms with Crippen LogP contribution in [0.3, 0.4) is 0 Å². The lowest BCUT2D eigenvalue weighted by Gasteiger charge is -2.08. The van der Waals surface area contributed by atoms with Crippen molar-refractivity contribution in [3.63, 3.8) is 0 Å². The van der Waals surface area contributed by atoms with E-state index in [9.17, 15) is 14.0 Å². The number of nitrogens with one attached hydrogen (secondary N) is 1. The molecule has 7 heteroatoms. The normalized spacial score (nSPS) is 11.1. The number of hydrogen-bond donors (Lipinski definition) is 3. The van der Waals surface area contributed by atoms with Crippen molar-refractivity contribution >= 4 is 33.7 Å². The van der Waals surface area contributed by atoms with Crippen molar-refractivity contribution in [2.45, 2.75) is 6.42 Å². The van der Waals surface area contributed by atoms with Crippen molar-refractivity contribution in [1.29, 1.82) is 0 Å². The van der Waals surface area contributed by atoms with Gasteiger partial charge in [0.25, 0.3) is 0 Å². The predicted octanol–water partition coefficient (Wildman–Crippen LogP) is 3.61. The molecule has 0 aliphatic rings. The summed E-state index contributed by atoms with van der Waals surface area (Å²) in [6.07, 6.45) is 0.498. The van der Waals surface area contributed by atoms with Crippen LogP contribution in [-0.4, -0.2) is 28.6 Å². The Labute approximate surface area is 164 Å². The summed E-state index contributed by atoms with van der Waals surface area (Å²) in [5.74, 6) is -2.06. The maximum atomic E-state index is 14.5. The summed E-state index contributed by atoms with van der Waals surface area (Å²) in [6.45, 7) is -0.570. The summed E-state index contributed by atoms with van der Waals surface area (Å²) in [7, 11) is 0. The Morgan fingerprint density at radius 3 is 2.52 bits per heavy atom. The van der Waals surface area contributed by atoms with Crippen LogP contribution < -0.4 is 10.5 Å². The standard InChI is InChI=1S/C22H17FN2O4/c23-16-6-7-17(29-11-18(26)27)19-15-10-14(22(24)28)9-13(20(15)25-21(16)19)8-12-4-2-1-3-5-12/h1-7,9-10,25H,8,11H2,(H2,24,28)(H,26,27). The summed E-state index contributed by atoms with van der Waals surface area (Å²) in [4.78, 5) is 25.9. The van der Waals surface area contributed by atoms with Crippen LogP contribution in [0.2, 0.25) is 0 Å². The number of halogens is 1. The van der Waals surface area contributed by atoms with Crippen molar-refractivity contribution in [3.05, 3.63) is 77.1 Å². The van der Waals surface area contributed by atoms with Crippen molar-refractivity contribution in [2.24, 2.45) is 5.73 Å². The smallest absolute Gasteiger partial charge is 0.341 e. The molecule has 4 N–H and O–H groups in total. The monoisotopic (exact) mass is 392 g/mol. The van der Waals surface area contributed by atoms with Gasteiger partial charge in [0.2, 0.25) is 5.91 Å². The maximum Gasteiger partial charge on any atom is 0.341 e. The average Bonchev–Trinajstić information content (AvgIpc) is 3.09. The van der Waals surface area contributed by atoms with Crippen LogP contribution in [0.4, 0.5) is 4.39 Å². The van der Waals surface area contributed by atoms with Gasteiger partial charge >= 0.3 is 5.97 Å². The lowest BCUT2D eigenvalue weighted by atomic mass is 9.98. The first-order chi connectivity index (χ1) is 13.9. The quantitative estimate of drug-likeness (QED) is 0.466. The maximum absolute atomic E-state index is 14.5. The third-order valence-corrected chi connectivity index (χ3v) is 4.73.